The van der Waals surface area contributed by atoms with E-state index in [9.17, 15) is 23.6 Å². The number of hydrogen-bond donors (Lipinski definition) is 3. The number of ether oxygens (including phenoxy) is 1. The molecule has 25 heavy (non-hydrogen) atoms. The Hall–Kier alpha value is -2.68. The van der Waals surface area contributed by atoms with Gasteiger partial charge in [-0.2, -0.15) is 0 Å². The quantitative estimate of drug-likeness (QED) is 0.561. The fourth-order valence-corrected chi connectivity index (χ4v) is 1.93. The number of para-hydroxylation sites is 1. The Labute approximate surface area is 147 Å². The fraction of sp³-hybridized carbons (Fsp3) is 0.333. The van der Waals surface area contributed by atoms with Crippen molar-refractivity contribution in [1.29, 1.82) is 0 Å². The number of halogens is 2. The first kappa shape index (κ1) is 20.4. The van der Waals surface area contributed by atoms with Crippen LogP contribution in [-0.4, -0.2) is 53.6 Å². The molecular formula is C15H16ClFN2O6. The number of rotatable bonds is 9. The van der Waals surface area contributed by atoms with Crippen LogP contribution in [0.4, 0.5) is 14.9 Å². The van der Waals surface area contributed by atoms with Gasteiger partial charge in [-0.3, -0.25) is 19.7 Å². The molecule has 10 heteroatoms. The zero-order chi connectivity index (χ0) is 18.8. The Kier molecular flexibility index (Phi) is 8.34. The summed E-state index contributed by atoms with van der Waals surface area (Å²) in [6.45, 7) is -1.45. The van der Waals surface area contributed by atoms with Crippen molar-refractivity contribution in [1.82, 2.24) is 5.32 Å². The molecular weight excluding hydrogens is 359 g/mol. The Morgan fingerprint density at radius 1 is 1.20 bits per heavy atom. The molecule has 1 rings (SSSR count). The maximum Gasteiger partial charge on any atom is 0.412 e. The monoisotopic (exact) mass is 374 g/mol. The van der Waals surface area contributed by atoms with Gasteiger partial charge in [0.15, 0.2) is 11.9 Å². The molecule has 8 nitrogen and oxygen atoms in total. The summed E-state index contributed by atoms with van der Waals surface area (Å²) in [4.78, 5) is 45.8. The number of amides is 2. The predicted octanol–water partition coefficient (Wildman–Crippen LogP) is 1.34. The van der Waals surface area contributed by atoms with Crippen LogP contribution >= 0.6 is 11.6 Å². The normalized spacial score (nSPS) is 12.6. The number of carboxylic acid groups (broad SMARTS) is 1. The topological polar surface area (TPSA) is 122 Å². The number of carbonyl (C=O) groups is 4. The molecule has 0 spiro atoms. The number of carboxylic acids is 1. The number of nitrogens with one attached hydrogen (secondary N) is 2. The van der Waals surface area contributed by atoms with E-state index < -0.39 is 54.9 Å². The Balaban J connectivity index is 2.67. The number of benzene rings is 1. The smallest absolute Gasteiger partial charge is 0.412 e. The number of alkyl halides is 2. The molecule has 2 atom stereocenters. The first-order valence-electron chi connectivity index (χ1n) is 7.06. The number of ketones is 1. The molecule has 0 aromatic heterocycles. The van der Waals surface area contributed by atoms with Crippen molar-refractivity contribution >= 4 is 41.0 Å². The zero-order valence-corrected chi connectivity index (χ0v) is 13.7. The molecule has 2 unspecified atom stereocenters. The fourth-order valence-electron chi connectivity index (χ4n) is 1.73. The molecule has 2 amide bonds. The van der Waals surface area contributed by atoms with Crippen molar-refractivity contribution in [2.24, 2.45) is 0 Å². The number of anilines is 1. The molecule has 0 heterocycles. The van der Waals surface area contributed by atoms with Crippen molar-refractivity contribution in [2.45, 2.75) is 18.6 Å². The summed E-state index contributed by atoms with van der Waals surface area (Å²) in [5.41, 5.74) is 0.414. The third-order valence-corrected chi connectivity index (χ3v) is 3.20. The summed E-state index contributed by atoms with van der Waals surface area (Å²) in [5, 5.41) is 13.1. The summed E-state index contributed by atoms with van der Waals surface area (Å²) in [5.74, 6) is -3.97. The van der Waals surface area contributed by atoms with Crippen molar-refractivity contribution in [3.05, 3.63) is 30.3 Å². The summed E-state index contributed by atoms with van der Waals surface area (Å²) < 4.78 is 17.3. The Morgan fingerprint density at radius 2 is 1.84 bits per heavy atom. The largest absolute Gasteiger partial charge is 0.481 e. The molecule has 0 radical (unpaired) electrons. The molecule has 0 aliphatic rings. The third kappa shape index (κ3) is 7.17. The highest BCUT2D eigenvalue weighted by Gasteiger charge is 2.29. The lowest BCUT2D eigenvalue weighted by molar-refractivity contribution is -0.141. The van der Waals surface area contributed by atoms with E-state index in [0.29, 0.717) is 5.69 Å². The molecule has 0 saturated heterocycles. The van der Waals surface area contributed by atoms with Crippen molar-refractivity contribution in [2.75, 3.05) is 17.9 Å². The summed E-state index contributed by atoms with van der Waals surface area (Å²) in [7, 11) is 0. The van der Waals surface area contributed by atoms with Gasteiger partial charge in [-0.05, 0) is 12.1 Å². The second-order valence-electron chi connectivity index (χ2n) is 4.80. The molecule has 0 aliphatic carbocycles. The molecule has 0 bridgehead atoms. The maximum atomic E-state index is 12.5. The average Bonchev–Trinajstić information content (AvgIpc) is 2.58. The van der Waals surface area contributed by atoms with E-state index in [4.69, 9.17) is 21.4 Å². The van der Waals surface area contributed by atoms with E-state index in [-0.39, 0.29) is 0 Å². The average molecular weight is 375 g/mol. The number of aliphatic carboxylic acids is 1. The van der Waals surface area contributed by atoms with Crippen LogP contribution in [0.1, 0.15) is 6.42 Å². The van der Waals surface area contributed by atoms with Crippen molar-refractivity contribution in [3.8, 4) is 0 Å². The first-order chi connectivity index (χ1) is 11.9. The minimum Gasteiger partial charge on any atom is -0.481 e. The van der Waals surface area contributed by atoms with E-state index in [1.807, 2.05) is 5.32 Å². The zero-order valence-electron chi connectivity index (χ0n) is 12.9. The highest BCUT2D eigenvalue weighted by molar-refractivity contribution is 6.20. The van der Waals surface area contributed by atoms with Crippen LogP contribution in [0.15, 0.2) is 30.3 Å². The first-order valence-corrected chi connectivity index (χ1v) is 7.60. The van der Waals surface area contributed by atoms with E-state index in [1.165, 1.54) is 0 Å². The molecule has 0 fully saturated rings. The maximum absolute atomic E-state index is 12.5. The lowest BCUT2D eigenvalue weighted by Gasteiger charge is -2.19. The van der Waals surface area contributed by atoms with Crippen LogP contribution in [0.3, 0.4) is 0 Å². The van der Waals surface area contributed by atoms with Gasteiger partial charge in [-0.1, -0.05) is 18.2 Å². The number of carbonyl (C=O) groups excluding carboxylic acids is 3. The Bertz CT molecular complexity index is 628. The minimum atomic E-state index is -1.58. The van der Waals surface area contributed by atoms with Gasteiger partial charge in [0.05, 0.1) is 12.3 Å². The standard InChI is InChI=1S/C15H16ClFN2O6/c16-7-12(25-15(24)18-9-4-2-1-3-5-9)14(23)19-10(6-13(21)22)11(20)8-17/h1-5,10,12H,6-8H2,(H,18,24)(H,19,23)(H,21,22). The van der Waals surface area contributed by atoms with Crippen LogP contribution in [0.2, 0.25) is 0 Å². The van der Waals surface area contributed by atoms with Crippen molar-refractivity contribution in [3.63, 3.8) is 0 Å². The molecule has 0 aliphatic heterocycles. The van der Waals surface area contributed by atoms with Crippen LogP contribution in [0, 0.1) is 0 Å². The van der Waals surface area contributed by atoms with E-state index in [0.717, 1.165) is 0 Å². The highest BCUT2D eigenvalue weighted by atomic mass is 35.5. The van der Waals surface area contributed by atoms with Gasteiger partial charge in [0.25, 0.3) is 5.91 Å². The second kappa shape index (κ2) is 10.2. The summed E-state index contributed by atoms with van der Waals surface area (Å²) in [6, 6.07) is 6.65. The number of Topliss-reactive ketones (excluding diaryl/α,β-unsaturated/α-hetero) is 1. The van der Waals surface area contributed by atoms with Gasteiger partial charge in [-0.25, -0.2) is 9.18 Å². The van der Waals surface area contributed by atoms with Crippen LogP contribution < -0.4 is 10.6 Å². The molecule has 1 aromatic rings. The van der Waals surface area contributed by atoms with Gasteiger partial charge in [-0.15, -0.1) is 11.6 Å². The highest BCUT2D eigenvalue weighted by Crippen LogP contribution is 2.07. The van der Waals surface area contributed by atoms with Gasteiger partial charge < -0.3 is 15.2 Å². The van der Waals surface area contributed by atoms with Crippen molar-refractivity contribution < 1.29 is 33.4 Å². The van der Waals surface area contributed by atoms with E-state index in [2.05, 4.69) is 5.32 Å². The molecule has 1 aromatic carbocycles. The molecule has 3 N–H and O–H groups in total. The molecule has 0 saturated carbocycles. The van der Waals surface area contributed by atoms with Gasteiger partial charge in [0.1, 0.15) is 12.7 Å². The SMILES string of the molecule is O=C(O)CC(NC(=O)C(CCl)OC(=O)Nc1ccccc1)C(=O)CF. The second-order valence-corrected chi connectivity index (χ2v) is 5.11. The lowest BCUT2D eigenvalue weighted by atomic mass is 10.1. The summed E-state index contributed by atoms with van der Waals surface area (Å²) >= 11 is 5.57. The van der Waals surface area contributed by atoms with E-state index in [1.54, 1.807) is 30.3 Å². The molecule has 136 valence electrons. The van der Waals surface area contributed by atoms with Crippen LogP contribution in [-0.2, 0) is 19.1 Å². The predicted molar refractivity (Wildman–Crippen MR) is 86.2 cm³/mol. The van der Waals surface area contributed by atoms with Gasteiger partial charge in [0.2, 0.25) is 0 Å². The summed E-state index contributed by atoms with van der Waals surface area (Å²) in [6.07, 6.45) is -3.27. The lowest BCUT2D eigenvalue weighted by Crippen LogP contribution is -2.49. The van der Waals surface area contributed by atoms with Gasteiger partial charge >= 0.3 is 12.1 Å². The van der Waals surface area contributed by atoms with Crippen LogP contribution in [0.25, 0.3) is 0 Å². The Morgan fingerprint density at radius 3 is 2.36 bits per heavy atom. The van der Waals surface area contributed by atoms with Gasteiger partial charge in [0, 0.05) is 5.69 Å². The minimum absolute atomic E-state index is 0.414. The number of hydrogen-bond acceptors (Lipinski definition) is 5. The third-order valence-electron chi connectivity index (χ3n) is 2.92. The van der Waals surface area contributed by atoms with Crippen LogP contribution in [0.5, 0.6) is 0 Å². The van der Waals surface area contributed by atoms with E-state index >= 15 is 0 Å².